The number of hydrogen-bond donors (Lipinski definition) is 2. The van der Waals surface area contributed by atoms with Gasteiger partial charge in [-0.05, 0) is 49.5 Å². The van der Waals surface area contributed by atoms with Crippen LogP contribution < -0.4 is 5.56 Å². The third kappa shape index (κ3) is 2.61. The highest BCUT2D eigenvalue weighted by molar-refractivity contribution is 5.80. The summed E-state index contributed by atoms with van der Waals surface area (Å²) in [4.78, 5) is 26.7. The van der Waals surface area contributed by atoms with Crippen LogP contribution in [0.15, 0.2) is 47.7 Å². The first-order valence-electron chi connectivity index (χ1n) is 8.98. The summed E-state index contributed by atoms with van der Waals surface area (Å²) < 4.78 is 1.46. The third-order valence-corrected chi connectivity index (χ3v) is 5.33. The number of H-pyrrole nitrogens is 2. The zero-order valence-electron chi connectivity index (χ0n) is 14.4. The smallest absolute Gasteiger partial charge is 0.272 e. The van der Waals surface area contributed by atoms with Crippen molar-refractivity contribution in [3.63, 3.8) is 0 Å². The first-order valence-corrected chi connectivity index (χ1v) is 8.98. The summed E-state index contributed by atoms with van der Waals surface area (Å²) in [5.41, 5.74) is 3.79. The highest BCUT2D eigenvalue weighted by atomic mass is 16.1. The summed E-state index contributed by atoms with van der Waals surface area (Å²) in [7, 11) is 0. The van der Waals surface area contributed by atoms with Crippen LogP contribution in [-0.4, -0.2) is 42.6 Å². The number of aromatic nitrogens is 5. The Kier molecular flexibility index (Phi) is 3.60. The minimum absolute atomic E-state index is 0.0591. The molecule has 1 aliphatic heterocycles. The van der Waals surface area contributed by atoms with E-state index in [9.17, 15) is 4.79 Å². The lowest BCUT2D eigenvalue weighted by Gasteiger charge is -2.31. The van der Waals surface area contributed by atoms with Crippen molar-refractivity contribution in [3.05, 3.63) is 64.5 Å². The molecule has 1 saturated heterocycles. The molecule has 0 amide bonds. The molecule has 2 N–H and O–H groups in total. The van der Waals surface area contributed by atoms with Crippen molar-refractivity contribution in [1.82, 2.24) is 29.5 Å². The molecule has 0 aromatic carbocycles. The molecule has 1 aliphatic rings. The highest BCUT2D eigenvalue weighted by Gasteiger charge is 2.23. The Labute approximate surface area is 149 Å². The van der Waals surface area contributed by atoms with Crippen LogP contribution in [0.25, 0.3) is 16.7 Å². The minimum atomic E-state index is -0.0591. The number of fused-ring (bicyclic) bond motifs is 2. The van der Waals surface area contributed by atoms with Gasteiger partial charge in [0.1, 0.15) is 5.65 Å². The summed E-state index contributed by atoms with van der Waals surface area (Å²) in [6, 6.07) is 7.59. The standard InChI is InChI=1S/C19H20N6O/c26-18-10-14(23-17-3-7-22-25(17)18)12-24-8-4-13(5-9-24)16-11-21-19-15(16)2-1-6-20-19/h1-3,6-7,10-11,13,22H,4-5,8-9,12H2,(H,20,21). The lowest BCUT2D eigenvalue weighted by Crippen LogP contribution is -2.33. The number of hydrogen-bond acceptors (Lipinski definition) is 4. The molecule has 0 spiro atoms. The van der Waals surface area contributed by atoms with Crippen molar-refractivity contribution in [1.29, 1.82) is 0 Å². The Bertz CT molecular complexity index is 1120. The van der Waals surface area contributed by atoms with E-state index in [1.807, 2.05) is 18.3 Å². The van der Waals surface area contributed by atoms with Crippen molar-refractivity contribution in [2.45, 2.75) is 25.3 Å². The fourth-order valence-corrected chi connectivity index (χ4v) is 4.00. The van der Waals surface area contributed by atoms with Crippen molar-refractivity contribution in [3.8, 4) is 0 Å². The maximum Gasteiger partial charge on any atom is 0.272 e. The minimum Gasteiger partial charge on any atom is -0.346 e. The molecule has 5 rings (SSSR count). The predicted octanol–water partition coefficient (Wildman–Crippen LogP) is 2.28. The highest BCUT2D eigenvalue weighted by Crippen LogP contribution is 2.32. The number of nitrogens with zero attached hydrogens (tertiary/aromatic N) is 4. The van der Waals surface area contributed by atoms with E-state index in [2.05, 4.69) is 37.2 Å². The number of rotatable bonds is 3. The molecule has 0 unspecified atom stereocenters. The van der Waals surface area contributed by atoms with E-state index in [1.165, 1.54) is 15.5 Å². The van der Waals surface area contributed by atoms with Gasteiger partial charge >= 0.3 is 0 Å². The first kappa shape index (κ1) is 15.3. The summed E-state index contributed by atoms with van der Waals surface area (Å²) in [6.45, 7) is 2.73. The van der Waals surface area contributed by atoms with Gasteiger partial charge in [0.05, 0.1) is 5.69 Å². The van der Waals surface area contributed by atoms with E-state index < -0.39 is 0 Å². The van der Waals surface area contributed by atoms with Gasteiger partial charge in [0.25, 0.3) is 5.56 Å². The maximum atomic E-state index is 12.1. The van der Waals surface area contributed by atoms with Crippen LogP contribution in [0.2, 0.25) is 0 Å². The monoisotopic (exact) mass is 348 g/mol. The fourth-order valence-electron chi connectivity index (χ4n) is 4.00. The van der Waals surface area contributed by atoms with Crippen molar-refractivity contribution in [2.75, 3.05) is 13.1 Å². The molecule has 1 fully saturated rings. The van der Waals surface area contributed by atoms with Crippen LogP contribution in [0.4, 0.5) is 0 Å². The van der Waals surface area contributed by atoms with E-state index in [0.717, 1.165) is 43.8 Å². The zero-order valence-corrected chi connectivity index (χ0v) is 14.4. The third-order valence-electron chi connectivity index (χ3n) is 5.33. The second kappa shape index (κ2) is 6.10. The van der Waals surface area contributed by atoms with E-state index >= 15 is 0 Å². The van der Waals surface area contributed by atoms with Crippen LogP contribution in [0, 0.1) is 0 Å². The lowest BCUT2D eigenvalue weighted by molar-refractivity contribution is 0.203. The van der Waals surface area contributed by atoms with Crippen molar-refractivity contribution in [2.24, 2.45) is 0 Å². The van der Waals surface area contributed by atoms with Gasteiger partial charge in [-0.2, -0.15) is 0 Å². The molecule has 26 heavy (non-hydrogen) atoms. The Morgan fingerprint density at radius 3 is 3.00 bits per heavy atom. The lowest BCUT2D eigenvalue weighted by atomic mass is 9.89. The van der Waals surface area contributed by atoms with Gasteiger partial charge in [-0.15, -0.1) is 0 Å². The molecule has 5 heterocycles. The van der Waals surface area contributed by atoms with E-state index in [4.69, 9.17) is 0 Å². The van der Waals surface area contributed by atoms with Crippen LogP contribution in [-0.2, 0) is 6.54 Å². The Balaban J connectivity index is 1.30. The van der Waals surface area contributed by atoms with Gasteiger partial charge < -0.3 is 4.98 Å². The number of nitrogens with one attached hydrogen (secondary N) is 2. The summed E-state index contributed by atoms with van der Waals surface area (Å²) in [5, 5.41) is 4.11. The second-order valence-electron chi connectivity index (χ2n) is 6.94. The van der Waals surface area contributed by atoms with Gasteiger partial charge in [-0.3, -0.25) is 14.8 Å². The van der Waals surface area contributed by atoms with E-state index in [-0.39, 0.29) is 5.56 Å². The van der Waals surface area contributed by atoms with Gasteiger partial charge in [-0.1, -0.05) is 0 Å². The molecule has 0 atom stereocenters. The molecule has 0 aliphatic carbocycles. The second-order valence-corrected chi connectivity index (χ2v) is 6.94. The number of piperidine rings is 1. The molecule has 0 saturated carbocycles. The largest absolute Gasteiger partial charge is 0.346 e. The molecule has 132 valence electrons. The molecule has 4 aromatic rings. The summed E-state index contributed by atoms with van der Waals surface area (Å²) in [5.74, 6) is 0.551. The van der Waals surface area contributed by atoms with E-state index in [0.29, 0.717) is 11.6 Å². The summed E-state index contributed by atoms with van der Waals surface area (Å²) in [6.07, 6.45) is 7.87. The summed E-state index contributed by atoms with van der Waals surface area (Å²) >= 11 is 0. The maximum absolute atomic E-state index is 12.1. The van der Waals surface area contributed by atoms with Gasteiger partial charge in [0.2, 0.25) is 0 Å². The molecule has 4 aromatic heterocycles. The van der Waals surface area contributed by atoms with Crippen LogP contribution in [0.1, 0.15) is 30.0 Å². The predicted molar refractivity (Wildman–Crippen MR) is 99.2 cm³/mol. The quantitative estimate of drug-likeness (QED) is 0.595. The Hall–Kier alpha value is -2.93. The average molecular weight is 348 g/mol. The first-order chi connectivity index (χ1) is 12.8. The molecule has 7 nitrogen and oxygen atoms in total. The molecule has 0 bridgehead atoms. The molecule has 7 heteroatoms. The van der Waals surface area contributed by atoms with Crippen LogP contribution >= 0.6 is 0 Å². The van der Waals surface area contributed by atoms with E-state index in [1.54, 1.807) is 12.3 Å². The molecule has 0 radical (unpaired) electrons. The van der Waals surface area contributed by atoms with Crippen LogP contribution in [0.3, 0.4) is 0 Å². The number of likely N-dealkylation sites (tertiary alicyclic amines) is 1. The van der Waals surface area contributed by atoms with Gasteiger partial charge in [0.15, 0.2) is 5.65 Å². The Morgan fingerprint density at radius 2 is 2.12 bits per heavy atom. The molecular weight excluding hydrogens is 328 g/mol. The average Bonchev–Trinajstić information content (AvgIpc) is 3.29. The van der Waals surface area contributed by atoms with Crippen LogP contribution in [0.5, 0.6) is 0 Å². The molecular formula is C19H20N6O. The van der Waals surface area contributed by atoms with Gasteiger partial charge in [0, 0.05) is 42.7 Å². The number of pyridine rings is 1. The topological polar surface area (TPSA) is 82.1 Å². The SMILES string of the molecule is O=c1cc(CN2CCC(c3c[nH]c4ncccc34)CC2)nc2cc[nH]n12. The zero-order chi connectivity index (χ0) is 17.5. The normalized spacial score (nSPS) is 16.6. The van der Waals surface area contributed by atoms with Crippen molar-refractivity contribution >= 4 is 16.7 Å². The number of aromatic amines is 2. The fraction of sp³-hybridized carbons (Fsp3) is 0.316. The van der Waals surface area contributed by atoms with Crippen molar-refractivity contribution < 1.29 is 0 Å². The Morgan fingerprint density at radius 1 is 1.23 bits per heavy atom. The van der Waals surface area contributed by atoms with Gasteiger partial charge in [-0.25, -0.2) is 14.5 Å².